The predicted octanol–water partition coefficient (Wildman–Crippen LogP) is 5.74. The van der Waals surface area contributed by atoms with Gasteiger partial charge in [0.1, 0.15) is 11.6 Å². The summed E-state index contributed by atoms with van der Waals surface area (Å²) < 4.78 is 61.3. The Bertz CT molecular complexity index is 1070. The lowest BCUT2D eigenvalue weighted by Gasteiger charge is -2.33. The minimum Gasteiger partial charge on any atom is -0.465 e. The number of halogens is 5. The number of hydrogen-bond donors (Lipinski definition) is 2. The van der Waals surface area contributed by atoms with Crippen LogP contribution in [0.2, 0.25) is 0 Å². The molecule has 11 heteroatoms. The highest BCUT2D eigenvalue weighted by Gasteiger charge is 2.31. The number of likely N-dealkylation sites (tertiary alicyclic amines) is 1. The summed E-state index contributed by atoms with van der Waals surface area (Å²) in [7, 11) is 1.16. The van der Waals surface area contributed by atoms with Gasteiger partial charge in [-0.15, -0.1) is 13.2 Å². The molecule has 0 unspecified atom stereocenters. The highest BCUT2D eigenvalue weighted by molar-refractivity contribution is 9.10. The summed E-state index contributed by atoms with van der Waals surface area (Å²) >= 11 is 3.38. The zero-order valence-corrected chi connectivity index (χ0v) is 20.1. The van der Waals surface area contributed by atoms with Gasteiger partial charge in [-0.05, 0) is 55.7 Å². The SMILES string of the molecule is COC(=O)c1cc(C(C)=N)c(NC2CCN(Cc3cc(OC(F)(F)F)ccc3Br)CC2)cc1F. The van der Waals surface area contributed by atoms with E-state index in [-0.39, 0.29) is 23.1 Å². The highest BCUT2D eigenvalue weighted by atomic mass is 79.9. The fourth-order valence-electron chi connectivity index (χ4n) is 3.83. The molecule has 0 aromatic heterocycles. The average Bonchev–Trinajstić information content (AvgIpc) is 2.75. The lowest BCUT2D eigenvalue weighted by molar-refractivity contribution is -0.274. The second kappa shape index (κ2) is 10.7. The standard InChI is InChI=1S/C23H24BrF4N3O3/c1-13(29)17-10-18(22(32)33-2)20(25)11-21(17)30-15-5-7-31(8-6-15)12-14-9-16(3-4-19(14)24)34-23(26,27)28/h3-4,9-11,15,29-30H,5-8,12H2,1-2H3. The summed E-state index contributed by atoms with van der Waals surface area (Å²) in [6.45, 7) is 3.32. The topological polar surface area (TPSA) is 74.7 Å². The molecule has 0 spiro atoms. The number of anilines is 1. The van der Waals surface area contributed by atoms with Gasteiger partial charge in [0.05, 0.1) is 12.7 Å². The molecule has 0 bridgehead atoms. The van der Waals surface area contributed by atoms with Crippen molar-refractivity contribution in [3.8, 4) is 5.75 Å². The first kappa shape index (κ1) is 26.0. The van der Waals surface area contributed by atoms with Crippen molar-refractivity contribution in [2.75, 3.05) is 25.5 Å². The van der Waals surface area contributed by atoms with Crippen molar-refractivity contribution in [2.24, 2.45) is 0 Å². The quantitative estimate of drug-likeness (QED) is 0.264. The number of benzene rings is 2. The van der Waals surface area contributed by atoms with Crippen molar-refractivity contribution in [3.63, 3.8) is 0 Å². The smallest absolute Gasteiger partial charge is 0.465 e. The Hall–Kier alpha value is -2.66. The number of piperidine rings is 1. The Labute approximate surface area is 202 Å². The molecule has 1 fully saturated rings. The number of carbonyl (C=O) groups excluding carboxylic acids is 1. The molecule has 1 saturated heterocycles. The first-order valence-corrected chi connectivity index (χ1v) is 11.3. The van der Waals surface area contributed by atoms with E-state index in [1.807, 2.05) is 0 Å². The van der Waals surface area contributed by atoms with Crippen LogP contribution in [0.4, 0.5) is 23.2 Å². The fourth-order valence-corrected chi connectivity index (χ4v) is 4.21. The van der Waals surface area contributed by atoms with Crippen LogP contribution in [0.1, 0.15) is 41.3 Å². The molecule has 3 rings (SSSR count). The maximum Gasteiger partial charge on any atom is 0.573 e. The van der Waals surface area contributed by atoms with Crippen molar-refractivity contribution < 1.29 is 31.8 Å². The van der Waals surface area contributed by atoms with E-state index in [0.717, 1.165) is 7.11 Å². The third-order valence-corrected chi connectivity index (χ3v) is 6.28. The van der Waals surface area contributed by atoms with E-state index in [1.54, 1.807) is 6.92 Å². The van der Waals surface area contributed by atoms with Gasteiger partial charge in [0, 0.05) is 47.1 Å². The lowest BCUT2D eigenvalue weighted by atomic mass is 10.00. The van der Waals surface area contributed by atoms with Gasteiger partial charge >= 0.3 is 12.3 Å². The van der Waals surface area contributed by atoms with Gasteiger partial charge < -0.3 is 20.2 Å². The van der Waals surface area contributed by atoms with E-state index in [9.17, 15) is 22.4 Å². The van der Waals surface area contributed by atoms with Crippen LogP contribution in [0.3, 0.4) is 0 Å². The molecule has 2 aromatic rings. The van der Waals surface area contributed by atoms with E-state index in [1.165, 1.54) is 30.3 Å². The maximum atomic E-state index is 14.5. The third kappa shape index (κ3) is 6.69. The molecule has 34 heavy (non-hydrogen) atoms. The second-order valence-corrected chi connectivity index (χ2v) is 8.84. The van der Waals surface area contributed by atoms with Crippen LogP contribution in [0.25, 0.3) is 0 Å². The second-order valence-electron chi connectivity index (χ2n) is 7.99. The molecule has 1 aliphatic heterocycles. The van der Waals surface area contributed by atoms with Gasteiger partial charge in [-0.1, -0.05) is 15.9 Å². The highest BCUT2D eigenvalue weighted by Crippen LogP contribution is 2.30. The number of nitrogens with zero attached hydrogens (tertiary/aromatic N) is 1. The summed E-state index contributed by atoms with van der Waals surface area (Å²) in [5, 5.41) is 11.3. The molecule has 0 aliphatic carbocycles. The fraction of sp³-hybridized carbons (Fsp3) is 0.391. The third-order valence-electron chi connectivity index (χ3n) is 5.51. The summed E-state index contributed by atoms with van der Waals surface area (Å²) in [5.74, 6) is -1.81. The van der Waals surface area contributed by atoms with Crippen molar-refractivity contribution in [3.05, 3.63) is 57.3 Å². The molecule has 0 amide bonds. The number of ether oxygens (including phenoxy) is 2. The molecule has 2 N–H and O–H groups in total. The Morgan fingerprint density at radius 1 is 1.21 bits per heavy atom. The largest absolute Gasteiger partial charge is 0.573 e. The zero-order valence-electron chi connectivity index (χ0n) is 18.6. The van der Waals surface area contributed by atoms with Crippen LogP contribution in [0.15, 0.2) is 34.8 Å². The molecule has 6 nitrogen and oxygen atoms in total. The number of rotatable bonds is 7. The van der Waals surface area contributed by atoms with Crippen molar-refractivity contribution >= 4 is 33.3 Å². The Balaban J connectivity index is 1.65. The van der Waals surface area contributed by atoms with Gasteiger partial charge in [0.2, 0.25) is 0 Å². The van der Waals surface area contributed by atoms with E-state index in [0.29, 0.717) is 53.8 Å². The van der Waals surface area contributed by atoms with Crippen LogP contribution < -0.4 is 10.1 Å². The summed E-state index contributed by atoms with van der Waals surface area (Å²) in [6, 6.07) is 6.67. The first-order valence-electron chi connectivity index (χ1n) is 10.5. The van der Waals surface area contributed by atoms with Crippen molar-refractivity contribution in [1.29, 1.82) is 5.41 Å². The van der Waals surface area contributed by atoms with E-state index < -0.39 is 18.1 Å². The molecule has 1 heterocycles. The molecule has 2 aromatic carbocycles. The van der Waals surface area contributed by atoms with Gasteiger partial charge in [-0.3, -0.25) is 4.90 Å². The zero-order chi connectivity index (χ0) is 25.0. The molecule has 0 radical (unpaired) electrons. The Morgan fingerprint density at radius 3 is 2.47 bits per heavy atom. The van der Waals surface area contributed by atoms with Crippen LogP contribution in [0, 0.1) is 11.2 Å². The monoisotopic (exact) mass is 545 g/mol. The number of nitrogens with one attached hydrogen (secondary N) is 2. The number of alkyl halides is 3. The van der Waals surface area contributed by atoms with Crippen LogP contribution in [-0.2, 0) is 11.3 Å². The van der Waals surface area contributed by atoms with Crippen LogP contribution >= 0.6 is 15.9 Å². The average molecular weight is 546 g/mol. The first-order chi connectivity index (χ1) is 16.0. The molecule has 184 valence electrons. The van der Waals surface area contributed by atoms with E-state index >= 15 is 0 Å². The van der Waals surface area contributed by atoms with E-state index in [2.05, 4.69) is 35.6 Å². The Morgan fingerprint density at radius 2 is 1.88 bits per heavy atom. The van der Waals surface area contributed by atoms with Crippen molar-refractivity contribution in [1.82, 2.24) is 4.90 Å². The molecular formula is C23H24BrF4N3O3. The molecule has 0 atom stereocenters. The molecule has 0 saturated carbocycles. The number of methoxy groups -OCH3 is 1. The van der Waals surface area contributed by atoms with Gasteiger partial charge in [0.25, 0.3) is 0 Å². The minimum atomic E-state index is -4.75. The van der Waals surface area contributed by atoms with Gasteiger partial charge in [0.15, 0.2) is 0 Å². The normalized spacial score (nSPS) is 15.1. The predicted molar refractivity (Wildman–Crippen MR) is 123 cm³/mol. The lowest BCUT2D eigenvalue weighted by Crippen LogP contribution is -2.39. The number of esters is 1. The maximum absolute atomic E-state index is 14.5. The van der Waals surface area contributed by atoms with Crippen LogP contribution in [0.5, 0.6) is 5.75 Å². The summed E-state index contributed by atoms with van der Waals surface area (Å²) in [6.07, 6.45) is -3.35. The number of carbonyl (C=O) groups is 1. The summed E-state index contributed by atoms with van der Waals surface area (Å²) in [4.78, 5) is 13.9. The van der Waals surface area contributed by atoms with Gasteiger partial charge in [-0.25, -0.2) is 9.18 Å². The summed E-state index contributed by atoms with van der Waals surface area (Å²) in [5.41, 5.74) is 1.46. The van der Waals surface area contributed by atoms with Crippen molar-refractivity contribution in [2.45, 2.75) is 38.7 Å². The minimum absolute atomic E-state index is 0.000986. The number of hydrogen-bond acceptors (Lipinski definition) is 6. The molecular weight excluding hydrogens is 522 g/mol. The van der Waals surface area contributed by atoms with Crippen LogP contribution in [-0.4, -0.2) is 49.2 Å². The van der Waals surface area contributed by atoms with E-state index in [4.69, 9.17) is 5.41 Å². The Kier molecular flexibility index (Phi) is 8.19. The van der Waals surface area contributed by atoms with Gasteiger partial charge in [-0.2, -0.15) is 0 Å². The molecule has 1 aliphatic rings.